The minimum atomic E-state index is -2.28. The first-order valence-electron chi connectivity index (χ1n) is 7.32. The Balaban J connectivity index is 2.49. The summed E-state index contributed by atoms with van der Waals surface area (Å²) < 4.78 is 22.7. The highest BCUT2D eigenvalue weighted by Gasteiger charge is 2.28. The lowest BCUT2D eigenvalue weighted by Gasteiger charge is -2.36. The maximum absolute atomic E-state index is 13.8. The fraction of sp³-hybridized carbons (Fsp3) is 0.250. The van der Waals surface area contributed by atoms with E-state index in [1.165, 1.54) is 6.07 Å². The SMILES string of the molecule is CN(C)P(=NC(=S)Nc1ccccc1F)(c1ccncc1)N(C)C. The molecule has 2 rings (SSSR count). The van der Waals surface area contributed by atoms with E-state index < -0.39 is 7.36 Å². The predicted molar refractivity (Wildman–Crippen MR) is 103 cm³/mol. The maximum Gasteiger partial charge on any atom is 0.198 e. The van der Waals surface area contributed by atoms with Gasteiger partial charge in [-0.25, -0.2) is 9.14 Å². The van der Waals surface area contributed by atoms with Crippen LogP contribution in [0.15, 0.2) is 53.5 Å². The van der Waals surface area contributed by atoms with Gasteiger partial charge in [0.15, 0.2) is 5.11 Å². The molecular formula is C16H21FN5PS. The van der Waals surface area contributed by atoms with Gasteiger partial charge in [0.05, 0.1) is 5.69 Å². The number of hydrogen-bond acceptors (Lipinski definition) is 2. The Bertz CT molecular complexity index is 752. The van der Waals surface area contributed by atoms with E-state index in [1.807, 2.05) is 40.3 Å². The molecule has 1 N–H and O–H groups in total. The second-order valence-corrected chi connectivity index (χ2v) is 9.32. The second-order valence-electron chi connectivity index (χ2n) is 5.48. The zero-order valence-electron chi connectivity index (χ0n) is 14.1. The minimum Gasteiger partial charge on any atom is -0.328 e. The van der Waals surface area contributed by atoms with Crippen LogP contribution in [0.3, 0.4) is 0 Å². The van der Waals surface area contributed by atoms with E-state index in [9.17, 15) is 4.39 Å². The zero-order valence-corrected chi connectivity index (χ0v) is 15.9. The first kappa shape index (κ1) is 18.7. The highest BCUT2D eigenvalue weighted by molar-refractivity contribution is 7.81. The Morgan fingerprint density at radius 1 is 1.08 bits per heavy atom. The van der Waals surface area contributed by atoms with E-state index in [2.05, 4.69) is 19.6 Å². The van der Waals surface area contributed by atoms with Crippen molar-refractivity contribution in [2.24, 2.45) is 4.74 Å². The van der Waals surface area contributed by atoms with Gasteiger partial charge in [-0.15, -0.1) is 0 Å². The topological polar surface area (TPSA) is 43.8 Å². The van der Waals surface area contributed by atoms with E-state index in [1.54, 1.807) is 30.6 Å². The molecule has 0 radical (unpaired) electrons. The van der Waals surface area contributed by atoms with Gasteiger partial charge in [0.2, 0.25) is 0 Å². The number of rotatable bonds is 4. The fourth-order valence-electron chi connectivity index (χ4n) is 2.43. The van der Waals surface area contributed by atoms with Crippen molar-refractivity contribution in [1.29, 1.82) is 0 Å². The van der Waals surface area contributed by atoms with Crippen molar-refractivity contribution in [3.8, 4) is 0 Å². The van der Waals surface area contributed by atoms with Crippen LogP contribution in [-0.4, -0.2) is 47.6 Å². The average molecular weight is 365 g/mol. The first-order chi connectivity index (χ1) is 11.4. The third-order valence-corrected chi connectivity index (χ3v) is 7.50. The van der Waals surface area contributed by atoms with Gasteiger partial charge < -0.3 is 5.32 Å². The van der Waals surface area contributed by atoms with Gasteiger partial charge >= 0.3 is 0 Å². The molecule has 0 aliphatic carbocycles. The Morgan fingerprint density at radius 2 is 1.67 bits per heavy atom. The molecule has 128 valence electrons. The van der Waals surface area contributed by atoms with Crippen LogP contribution in [0.1, 0.15) is 0 Å². The van der Waals surface area contributed by atoms with E-state index in [0.29, 0.717) is 5.69 Å². The van der Waals surface area contributed by atoms with Crippen molar-refractivity contribution < 1.29 is 4.39 Å². The molecule has 0 saturated heterocycles. The lowest BCUT2D eigenvalue weighted by atomic mass is 10.3. The summed E-state index contributed by atoms with van der Waals surface area (Å²) >= 11 is 5.40. The number of nitrogens with zero attached hydrogens (tertiary/aromatic N) is 4. The van der Waals surface area contributed by atoms with Crippen molar-refractivity contribution in [2.45, 2.75) is 0 Å². The number of nitrogens with one attached hydrogen (secondary N) is 1. The van der Waals surface area contributed by atoms with Gasteiger partial charge in [-0.3, -0.25) is 14.3 Å². The highest BCUT2D eigenvalue weighted by atomic mass is 32.1. The monoisotopic (exact) mass is 365 g/mol. The summed E-state index contributed by atoms with van der Waals surface area (Å²) in [5.41, 5.74) is 0.316. The van der Waals surface area contributed by atoms with Crippen LogP contribution in [0.25, 0.3) is 0 Å². The molecule has 0 spiro atoms. The smallest absolute Gasteiger partial charge is 0.198 e. The summed E-state index contributed by atoms with van der Waals surface area (Å²) in [6, 6.07) is 10.3. The van der Waals surface area contributed by atoms with E-state index in [4.69, 9.17) is 17.0 Å². The van der Waals surface area contributed by atoms with Crippen LogP contribution in [-0.2, 0) is 0 Å². The molecule has 5 nitrogen and oxygen atoms in total. The lowest BCUT2D eigenvalue weighted by molar-refractivity contribution is 0.572. The number of anilines is 1. The van der Waals surface area contributed by atoms with Crippen LogP contribution in [0.5, 0.6) is 0 Å². The fourth-order valence-corrected chi connectivity index (χ4v) is 5.83. The maximum atomic E-state index is 13.8. The molecule has 1 aromatic heterocycles. The van der Waals surface area contributed by atoms with Crippen molar-refractivity contribution in [1.82, 2.24) is 14.3 Å². The van der Waals surface area contributed by atoms with Gasteiger partial charge in [0.1, 0.15) is 13.2 Å². The number of thiocarbonyl (C=S) groups is 1. The number of para-hydroxylation sites is 1. The van der Waals surface area contributed by atoms with E-state index in [0.717, 1.165) is 5.30 Å². The Labute approximate surface area is 147 Å². The van der Waals surface area contributed by atoms with Crippen LogP contribution in [0, 0.1) is 5.82 Å². The molecule has 24 heavy (non-hydrogen) atoms. The van der Waals surface area contributed by atoms with Crippen LogP contribution >= 0.6 is 19.6 Å². The molecule has 0 fully saturated rings. The molecule has 0 aliphatic rings. The van der Waals surface area contributed by atoms with Gasteiger partial charge in [-0.1, -0.05) is 12.1 Å². The summed E-state index contributed by atoms with van der Waals surface area (Å²) in [5.74, 6) is -0.363. The first-order valence-corrected chi connectivity index (χ1v) is 9.37. The average Bonchev–Trinajstić information content (AvgIpc) is 2.55. The summed E-state index contributed by atoms with van der Waals surface area (Å²) in [7, 11) is 5.57. The number of aromatic nitrogens is 1. The minimum absolute atomic E-state index is 0.243. The zero-order chi connectivity index (χ0) is 17.7. The van der Waals surface area contributed by atoms with Crippen molar-refractivity contribution >= 4 is 35.7 Å². The number of halogens is 1. The summed E-state index contributed by atoms with van der Waals surface area (Å²) in [4.78, 5) is 4.08. The molecule has 0 saturated carbocycles. The Kier molecular flexibility index (Phi) is 6.18. The second kappa shape index (κ2) is 7.94. The third-order valence-electron chi connectivity index (χ3n) is 3.47. The molecule has 8 heteroatoms. The number of hydrogen-bond donors (Lipinski definition) is 1. The van der Waals surface area contributed by atoms with Crippen LogP contribution < -0.4 is 10.6 Å². The standard InChI is InChI=1S/C16H21FN5PS/c1-21(2)23(22(3)4,13-9-11-18-12-10-13)20-16(24)19-15-8-6-5-7-14(15)17/h5-12H,1-4H3,(H,19,24). The highest BCUT2D eigenvalue weighted by Crippen LogP contribution is 2.52. The molecule has 1 aromatic carbocycles. The van der Waals surface area contributed by atoms with Crippen LogP contribution in [0.4, 0.5) is 10.1 Å². The molecule has 2 aromatic rings. The summed E-state index contributed by atoms with van der Waals surface area (Å²) in [6.07, 6.45) is 3.47. The van der Waals surface area contributed by atoms with Crippen molar-refractivity contribution in [2.75, 3.05) is 33.5 Å². The largest absolute Gasteiger partial charge is 0.328 e. The summed E-state index contributed by atoms with van der Waals surface area (Å²) in [5, 5.41) is 4.16. The van der Waals surface area contributed by atoms with Crippen molar-refractivity contribution in [3.63, 3.8) is 0 Å². The molecule has 0 unspecified atom stereocenters. The molecule has 1 heterocycles. The quantitative estimate of drug-likeness (QED) is 0.665. The molecule has 0 amide bonds. The lowest BCUT2D eigenvalue weighted by Crippen LogP contribution is -2.30. The third kappa shape index (κ3) is 3.87. The van der Waals surface area contributed by atoms with Gasteiger partial charge in [0, 0.05) is 17.7 Å². The Hall–Kier alpha value is -1.66. The van der Waals surface area contributed by atoms with Gasteiger partial charge in [-0.05, 0) is 64.7 Å². The normalized spacial score (nSPS) is 11.6. The van der Waals surface area contributed by atoms with Crippen molar-refractivity contribution in [3.05, 3.63) is 54.6 Å². The summed E-state index contributed by atoms with van der Waals surface area (Å²) in [6.45, 7) is 0. The number of pyridine rings is 1. The van der Waals surface area contributed by atoms with Gasteiger partial charge in [-0.2, -0.15) is 0 Å². The van der Waals surface area contributed by atoms with Gasteiger partial charge in [0.25, 0.3) is 0 Å². The predicted octanol–water partition coefficient (Wildman–Crippen LogP) is 3.40. The molecule has 0 bridgehead atoms. The molecule has 0 atom stereocenters. The Morgan fingerprint density at radius 3 is 2.21 bits per heavy atom. The van der Waals surface area contributed by atoms with E-state index in [-0.39, 0.29) is 10.9 Å². The molecule has 0 aliphatic heterocycles. The van der Waals surface area contributed by atoms with Crippen LogP contribution in [0.2, 0.25) is 0 Å². The molecular weight excluding hydrogens is 344 g/mol. The van der Waals surface area contributed by atoms with E-state index >= 15 is 0 Å². The number of benzene rings is 1.